The van der Waals surface area contributed by atoms with Crippen LogP contribution in [0.25, 0.3) is 0 Å². The summed E-state index contributed by atoms with van der Waals surface area (Å²) in [6, 6.07) is 8.45. The molecule has 2 N–H and O–H groups in total. The molecular formula is C15H22ClN3. The van der Waals surface area contributed by atoms with Crippen LogP contribution >= 0.6 is 11.6 Å². The van der Waals surface area contributed by atoms with Gasteiger partial charge in [-0.25, -0.2) is 0 Å². The Bertz CT molecular complexity index is 469. The number of halogens is 1. The molecule has 1 heterocycles. The Balaban J connectivity index is 2.45. The lowest BCUT2D eigenvalue weighted by Crippen LogP contribution is -2.53. The second-order valence-corrected chi connectivity index (χ2v) is 5.63. The molecule has 1 aliphatic heterocycles. The Kier molecular flexibility index (Phi) is 4.04. The molecule has 19 heavy (non-hydrogen) atoms. The molecule has 0 radical (unpaired) electrons. The normalized spacial score (nSPS) is 24.4. The molecule has 0 saturated carbocycles. The van der Waals surface area contributed by atoms with Gasteiger partial charge in [-0.1, -0.05) is 37.6 Å². The third kappa shape index (κ3) is 2.32. The third-order valence-electron chi connectivity index (χ3n) is 4.21. The summed E-state index contributed by atoms with van der Waals surface area (Å²) in [4.78, 5) is 6.77. The lowest BCUT2D eigenvalue weighted by Gasteiger charge is -2.42. The maximum Gasteiger partial charge on any atom is 0.192 e. The van der Waals surface area contributed by atoms with Crippen LogP contribution in [0.1, 0.15) is 39.2 Å². The summed E-state index contributed by atoms with van der Waals surface area (Å²) in [7, 11) is 0. The maximum atomic E-state index is 6.12. The number of nitrogens with zero attached hydrogens (tertiary/aromatic N) is 2. The van der Waals surface area contributed by atoms with Crippen molar-refractivity contribution in [3.8, 4) is 0 Å². The van der Waals surface area contributed by atoms with Crippen molar-refractivity contribution in [3.63, 3.8) is 0 Å². The van der Waals surface area contributed by atoms with Gasteiger partial charge in [-0.2, -0.15) is 0 Å². The number of hydrogen-bond donors (Lipinski definition) is 1. The highest BCUT2D eigenvalue weighted by Crippen LogP contribution is 2.38. The molecule has 1 aromatic rings. The summed E-state index contributed by atoms with van der Waals surface area (Å²) in [5.74, 6) is 0.658. The maximum absolute atomic E-state index is 6.12. The van der Waals surface area contributed by atoms with Crippen LogP contribution in [-0.4, -0.2) is 23.4 Å². The van der Waals surface area contributed by atoms with Gasteiger partial charge in [0.15, 0.2) is 5.96 Å². The molecule has 0 spiro atoms. The van der Waals surface area contributed by atoms with Gasteiger partial charge in [0.2, 0.25) is 0 Å². The van der Waals surface area contributed by atoms with Crippen molar-refractivity contribution >= 4 is 17.6 Å². The molecule has 2 unspecified atom stereocenters. The molecule has 2 rings (SSSR count). The summed E-state index contributed by atoms with van der Waals surface area (Å²) < 4.78 is 0. The first-order chi connectivity index (χ1) is 9.05. The van der Waals surface area contributed by atoms with Crippen LogP contribution in [0.5, 0.6) is 0 Å². The van der Waals surface area contributed by atoms with Crippen LogP contribution in [-0.2, 0) is 5.54 Å². The fourth-order valence-corrected chi connectivity index (χ4v) is 3.02. The zero-order valence-electron chi connectivity index (χ0n) is 11.9. The Morgan fingerprint density at radius 1 is 1.37 bits per heavy atom. The first-order valence-electron chi connectivity index (χ1n) is 6.90. The van der Waals surface area contributed by atoms with Crippen LogP contribution in [0.4, 0.5) is 0 Å². The fraction of sp³-hybridized carbons (Fsp3) is 0.533. The molecule has 0 amide bonds. The van der Waals surface area contributed by atoms with Gasteiger partial charge in [0.25, 0.3) is 0 Å². The van der Waals surface area contributed by atoms with Crippen LogP contribution in [0.3, 0.4) is 0 Å². The Morgan fingerprint density at radius 2 is 2.00 bits per heavy atom. The minimum Gasteiger partial charge on any atom is -0.370 e. The van der Waals surface area contributed by atoms with Crippen molar-refractivity contribution < 1.29 is 0 Å². The van der Waals surface area contributed by atoms with Gasteiger partial charge in [-0.3, -0.25) is 4.99 Å². The smallest absolute Gasteiger partial charge is 0.192 e. The topological polar surface area (TPSA) is 41.6 Å². The van der Waals surface area contributed by atoms with Crippen LogP contribution < -0.4 is 5.73 Å². The van der Waals surface area contributed by atoms with E-state index in [2.05, 4.69) is 42.8 Å². The largest absolute Gasteiger partial charge is 0.370 e. The van der Waals surface area contributed by atoms with Gasteiger partial charge in [0.05, 0.1) is 12.1 Å². The molecule has 4 heteroatoms. The molecule has 0 bridgehead atoms. The van der Waals surface area contributed by atoms with Crippen molar-refractivity contribution in [2.45, 2.75) is 45.2 Å². The van der Waals surface area contributed by atoms with E-state index in [4.69, 9.17) is 17.3 Å². The second-order valence-electron chi connectivity index (χ2n) is 5.19. The van der Waals surface area contributed by atoms with Gasteiger partial charge < -0.3 is 10.6 Å². The first kappa shape index (κ1) is 14.2. The number of benzene rings is 1. The predicted octanol–water partition coefficient (Wildman–Crippen LogP) is 3.37. The number of aliphatic imine (C=N–C) groups is 1. The van der Waals surface area contributed by atoms with E-state index >= 15 is 0 Å². The molecular weight excluding hydrogens is 258 g/mol. The third-order valence-corrected chi connectivity index (χ3v) is 4.46. The van der Waals surface area contributed by atoms with Crippen molar-refractivity contribution in [1.82, 2.24) is 4.90 Å². The molecule has 0 aliphatic carbocycles. The molecule has 1 aliphatic rings. The van der Waals surface area contributed by atoms with E-state index in [1.165, 1.54) is 5.56 Å². The minimum atomic E-state index is -0.121. The summed E-state index contributed by atoms with van der Waals surface area (Å²) in [6.07, 6.45) is 2.02. The molecule has 3 nitrogen and oxygen atoms in total. The average molecular weight is 280 g/mol. The molecule has 104 valence electrons. The van der Waals surface area contributed by atoms with Gasteiger partial charge in [0, 0.05) is 11.1 Å². The zero-order valence-corrected chi connectivity index (χ0v) is 12.6. The zero-order chi connectivity index (χ0) is 14.0. The summed E-state index contributed by atoms with van der Waals surface area (Å²) in [5.41, 5.74) is 7.24. The molecule has 0 fully saturated rings. The van der Waals surface area contributed by atoms with E-state index in [0.29, 0.717) is 12.0 Å². The molecule has 1 aromatic carbocycles. The summed E-state index contributed by atoms with van der Waals surface area (Å²) in [6.45, 7) is 7.30. The second kappa shape index (κ2) is 5.41. The summed E-state index contributed by atoms with van der Waals surface area (Å²) >= 11 is 5.99. The van der Waals surface area contributed by atoms with Crippen molar-refractivity contribution in [2.24, 2.45) is 10.7 Å². The van der Waals surface area contributed by atoms with Crippen LogP contribution in [0.2, 0.25) is 5.02 Å². The monoisotopic (exact) mass is 279 g/mol. The van der Waals surface area contributed by atoms with Crippen LogP contribution in [0, 0.1) is 0 Å². The minimum absolute atomic E-state index is 0.121. The average Bonchev–Trinajstić information content (AvgIpc) is 2.77. The van der Waals surface area contributed by atoms with Gasteiger partial charge in [-0.05, 0) is 37.5 Å². The fourth-order valence-electron chi connectivity index (χ4n) is 2.89. The Morgan fingerprint density at radius 3 is 2.53 bits per heavy atom. The van der Waals surface area contributed by atoms with E-state index < -0.39 is 0 Å². The van der Waals surface area contributed by atoms with E-state index in [-0.39, 0.29) is 5.54 Å². The van der Waals surface area contributed by atoms with Crippen molar-refractivity contribution in [3.05, 3.63) is 34.9 Å². The Labute approximate surface area is 120 Å². The van der Waals surface area contributed by atoms with E-state index in [1.54, 1.807) is 0 Å². The molecule has 0 aromatic heterocycles. The van der Waals surface area contributed by atoms with E-state index in [1.807, 2.05) is 12.1 Å². The first-order valence-corrected chi connectivity index (χ1v) is 7.28. The predicted molar refractivity (Wildman–Crippen MR) is 81.5 cm³/mol. The number of hydrogen-bond acceptors (Lipinski definition) is 3. The highest BCUT2D eigenvalue weighted by molar-refractivity contribution is 6.30. The number of guanidine groups is 1. The summed E-state index contributed by atoms with van der Waals surface area (Å²) in [5, 5.41) is 0.761. The van der Waals surface area contributed by atoms with Crippen LogP contribution in [0.15, 0.2) is 29.3 Å². The quantitative estimate of drug-likeness (QED) is 0.918. The molecule has 0 saturated heterocycles. The highest BCUT2D eigenvalue weighted by Gasteiger charge is 2.44. The van der Waals surface area contributed by atoms with E-state index in [9.17, 15) is 0 Å². The molecule has 2 atom stereocenters. The van der Waals surface area contributed by atoms with Crippen molar-refractivity contribution in [2.75, 3.05) is 6.54 Å². The standard InChI is InChI=1S/C15H22ClN3/c1-4-11(3)19-14(17)18-10-15(19,5-2)12-6-8-13(16)9-7-12/h6-9,11H,4-5,10H2,1-3H3,(H2,17,18). The lowest BCUT2D eigenvalue weighted by molar-refractivity contribution is 0.146. The van der Waals surface area contributed by atoms with E-state index in [0.717, 1.165) is 24.4 Å². The number of rotatable bonds is 4. The lowest BCUT2D eigenvalue weighted by atomic mass is 9.85. The SMILES string of the molecule is CCC(C)N1C(N)=NCC1(CC)c1ccc(Cl)cc1. The highest BCUT2D eigenvalue weighted by atomic mass is 35.5. The van der Waals surface area contributed by atoms with Gasteiger partial charge >= 0.3 is 0 Å². The van der Waals surface area contributed by atoms with Gasteiger partial charge in [0.1, 0.15) is 0 Å². The van der Waals surface area contributed by atoms with Gasteiger partial charge in [-0.15, -0.1) is 0 Å². The number of nitrogens with two attached hydrogens (primary N) is 1. The Hall–Kier alpha value is -1.22. The van der Waals surface area contributed by atoms with Crippen molar-refractivity contribution in [1.29, 1.82) is 0 Å².